The molecule has 0 saturated carbocycles. The van der Waals surface area contributed by atoms with Crippen molar-refractivity contribution in [3.63, 3.8) is 0 Å². The Morgan fingerprint density at radius 2 is 1.38 bits per heavy atom. The fraction of sp³-hybridized carbons (Fsp3) is 0.300. The molecule has 0 radical (unpaired) electrons. The molecule has 206 valence electrons. The number of unbranched alkanes of at least 4 members (excludes halogenated alkanes) is 1. The lowest BCUT2D eigenvalue weighted by Crippen LogP contribution is -2.23. The van der Waals surface area contributed by atoms with E-state index < -0.39 is 63.7 Å². The van der Waals surface area contributed by atoms with Gasteiger partial charge >= 0.3 is 5.97 Å². The predicted molar refractivity (Wildman–Crippen MR) is 134 cm³/mol. The molecule has 3 aromatic carbocycles. The van der Waals surface area contributed by atoms with Crippen molar-refractivity contribution in [3.8, 4) is 22.6 Å². The van der Waals surface area contributed by atoms with Crippen LogP contribution >= 0.6 is 0 Å². The van der Waals surface area contributed by atoms with Gasteiger partial charge in [0, 0.05) is 16.7 Å². The average molecular weight is 549 g/mol. The number of halogens is 6. The third-order valence-corrected chi connectivity index (χ3v) is 6.72. The number of carbonyl (C=O) groups is 1. The van der Waals surface area contributed by atoms with Gasteiger partial charge in [-0.1, -0.05) is 31.6 Å². The van der Waals surface area contributed by atoms with Gasteiger partial charge < -0.3 is 9.47 Å². The van der Waals surface area contributed by atoms with E-state index >= 15 is 0 Å². The SMILES string of the molecule is CCCCOc1ccc(-c2ccc(OC(=O)C3CC=C(c4ccc(C)c(F)c4F)CC3)c(F)c2F)c(F)c1F. The number of aryl methyl sites for hydroxylation is 1. The topological polar surface area (TPSA) is 35.5 Å². The minimum atomic E-state index is -1.53. The van der Waals surface area contributed by atoms with Crippen LogP contribution in [0.4, 0.5) is 26.3 Å². The molecule has 0 aromatic heterocycles. The lowest BCUT2D eigenvalue weighted by atomic mass is 9.86. The van der Waals surface area contributed by atoms with Crippen LogP contribution in [0.25, 0.3) is 16.7 Å². The number of allylic oxidation sites excluding steroid dienone is 2. The molecule has 4 rings (SSSR count). The highest BCUT2D eigenvalue weighted by Gasteiger charge is 2.28. The Labute approximate surface area is 222 Å². The summed E-state index contributed by atoms with van der Waals surface area (Å²) in [7, 11) is 0. The summed E-state index contributed by atoms with van der Waals surface area (Å²) in [5, 5.41) is 0. The zero-order chi connectivity index (χ0) is 28.3. The molecule has 1 aliphatic rings. The minimum absolute atomic E-state index is 0.109. The number of hydrogen-bond donors (Lipinski definition) is 0. The number of esters is 1. The van der Waals surface area contributed by atoms with Crippen LogP contribution < -0.4 is 9.47 Å². The highest BCUT2D eigenvalue weighted by molar-refractivity contribution is 5.78. The molecule has 0 saturated heterocycles. The first kappa shape index (κ1) is 28.3. The molecule has 9 heteroatoms. The molecule has 0 spiro atoms. The van der Waals surface area contributed by atoms with Gasteiger partial charge in [-0.2, -0.15) is 8.78 Å². The summed E-state index contributed by atoms with van der Waals surface area (Å²) in [6.07, 6.45) is 3.61. The first-order chi connectivity index (χ1) is 18.6. The number of rotatable bonds is 8. The van der Waals surface area contributed by atoms with E-state index in [1.54, 1.807) is 6.08 Å². The number of benzene rings is 3. The first-order valence-electron chi connectivity index (χ1n) is 12.6. The standard InChI is InChI=1S/C30H26F6O3/c1-3-4-15-38-22-13-11-20(26(33)28(22)35)21-12-14-23(29(36)27(21)34)39-30(37)18-8-6-17(7-9-18)19-10-5-16(2)24(31)25(19)32/h5-6,10-14,18H,3-4,7-9,15H2,1-2H3. The van der Waals surface area contributed by atoms with Crippen molar-refractivity contribution in [2.75, 3.05) is 6.61 Å². The van der Waals surface area contributed by atoms with E-state index in [0.717, 1.165) is 30.7 Å². The lowest BCUT2D eigenvalue weighted by Gasteiger charge is -2.21. The van der Waals surface area contributed by atoms with Gasteiger partial charge in [-0.05, 0) is 68.0 Å². The zero-order valence-corrected chi connectivity index (χ0v) is 21.4. The average Bonchev–Trinajstić information content (AvgIpc) is 2.93. The van der Waals surface area contributed by atoms with Crippen molar-refractivity contribution < 1.29 is 40.6 Å². The Hall–Kier alpha value is -3.75. The van der Waals surface area contributed by atoms with Crippen molar-refractivity contribution >= 4 is 11.5 Å². The fourth-order valence-electron chi connectivity index (χ4n) is 4.37. The van der Waals surface area contributed by atoms with Crippen molar-refractivity contribution in [3.05, 3.63) is 88.5 Å². The smallest absolute Gasteiger partial charge is 0.314 e. The predicted octanol–water partition coefficient (Wildman–Crippen LogP) is 8.46. The fourth-order valence-corrected chi connectivity index (χ4v) is 4.37. The zero-order valence-electron chi connectivity index (χ0n) is 21.4. The summed E-state index contributed by atoms with van der Waals surface area (Å²) in [6, 6.07) is 7.10. The summed E-state index contributed by atoms with van der Waals surface area (Å²) >= 11 is 0. The highest BCUT2D eigenvalue weighted by Crippen LogP contribution is 2.36. The lowest BCUT2D eigenvalue weighted by molar-refractivity contribution is -0.139. The van der Waals surface area contributed by atoms with Crippen LogP contribution in [0, 0.1) is 47.7 Å². The van der Waals surface area contributed by atoms with Crippen molar-refractivity contribution in [1.82, 2.24) is 0 Å². The second-order valence-electron chi connectivity index (χ2n) is 9.36. The first-order valence-corrected chi connectivity index (χ1v) is 12.6. The van der Waals surface area contributed by atoms with E-state index in [-0.39, 0.29) is 42.7 Å². The minimum Gasteiger partial charge on any atom is -0.490 e. The second kappa shape index (κ2) is 12.0. The van der Waals surface area contributed by atoms with E-state index in [0.29, 0.717) is 12.0 Å². The molecule has 0 bridgehead atoms. The van der Waals surface area contributed by atoms with Crippen molar-refractivity contribution in [2.45, 2.75) is 46.0 Å². The molecule has 1 atom stereocenters. The van der Waals surface area contributed by atoms with Gasteiger partial charge in [0.1, 0.15) is 0 Å². The third kappa shape index (κ3) is 5.82. The maximum absolute atomic E-state index is 14.9. The summed E-state index contributed by atoms with van der Waals surface area (Å²) in [5.74, 6) is -10.3. The highest BCUT2D eigenvalue weighted by atomic mass is 19.2. The Morgan fingerprint density at radius 1 is 0.795 bits per heavy atom. The molecular formula is C30H26F6O3. The maximum Gasteiger partial charge on any atom is 0.314 e. The molecule has 0 amide bonds. The van der Waals surface area contributed by atoms with E-state index in [4.69, 9.17) is 9.47 Å². The molecule has 3 nitrogen and oxygen atoms in total. The number of carbonyl (C=O) groups excluding carboxylic acids is 1. The van der Waals surface area contributed by atoms with Gasteiger partial charge in [-0.25, -0.2) is 17.6 Å². The normalized spacial score (nSPS) is 15.2. The molecule has 0 aliphatic heterocycles. The monoisotopic (exact) mass is 548 g/mol. The van der Waals surface area contributed by atoms with Gasteiger partial charge in [0.25, 0.3) is 0 Å². The Kier molecular flexibility index (Phi) is 8.67. The molecular weight excluding hydrogens is 522 g/mol. The summed E-state index contributed by atoms with van der Waals surface area (Å²) < 4.78 is 97.3. The van der Waals surface area contributed by atoms with Crippen LogP contribution in [-0.2, 0) is 4.79 Å². The van der Waals surface area contributed by atoms with Crippen LogP contribution in [0.15, 0.2) is 42.5 Å². The largest absolute Gasteiger partial charge is 0.490 e. The number of hydrogen-bond acceptors (Lipinski definition) is 3. The second-order valence-corrected chi connectivity index (χ2v) is 9.36. The van der Waals surface area contributed by atoms with Gasteiger partial charge in [-0.3, -0.25) is 4.79 Å². The number of ether oxygens (including phenoxy) is 2. The molecule has 1 unspecified atom stereocenters. The Morgan fingerprint density at radius 3 is 2.00 bits per heavy atom. The quantitative estimate of drug-likeness (QED) is 0.123. The summed E-state index contributed by atoms with van der Waals surface area (Å²) in [6.45, 7) is 3.53. The molecule has 39 heavy (non-hydrogen) atoms. The third-order valence-electron chi connectivity index (χ3n) is 6.72. The molecule has 3 aromatic rings. The molecule has 0 N–H and O–H groups in total. The molecule has 1 aliphatic carbocycles. The van der Waals surface area contributed by atoms with Gasteiger partial charge in [0.15, 0.2) is 34.8 Å². The maximum atomic E-state index is 14.9. The van der Waals surface area contributed by atoms with Gasteiger partial charge in [-0.15, -0.1) is 0 Å². The Balaban J connectivity index is 1.48. The van der Waals surface area contributed by atoms with Gasteiger partial charge in [0.2, 0.25) is 11.6 Å². The van der Waals surface area contributed by atoms with Crippen molar-refractivity contribution in [2.24, 2.45) is 5.92 Å². The van der Waals surface area contributed by atoms with E-state index in [2.05, 4.69) is 0 Å². The van der Waals surface area contributed by atoms with E-state index in [9.17, 15) is 31.1 Å². The van der Waals surface area contributed by atoms with Crippen LogP contribution in [0.3, 0.4) is 0 Å². The van der Waals surface area contributed by atoms with E-state index in [1.807, 2.05) is 6.92 Å². The van der Waals surface area contributed by atoms with Crippen LogP contribution in [0.1, 0.15) is 50.2 Å². The molecule has 0 heterocycles. The Bertz CT molecular complexity index is 1430. The summed E-state index contributed by atoms with van der Waals surface area (Å²) in [4.78, 5) is 12.6. The van der Waals surface area contributed by atoms with Crippen molar-refractivity contribution in [1.29, 1.82) is 0 Å². The summed E-state index contributed by atoms with van der Waals surface area (Å²) in [5.41, 5.74) is -0.252. The van der Waals surface area contributed by atoms with Crippen LogP contribution in [-0.4, -0.2) is 12.6 Å². The van der Waals surface area contributed by atoms with Crippen LogP contribution in [0.5, 0.6) is 11.5 Å². The van der Waals surface area contributed by atoms with Crippen LogP contribution in [0.2, 0.25) is 0 Å². The molecule has 0 fully saturated rings. The van der Waals surface area contributed by atoms with E-state index in [1.165, 1.54) is 19.1 Å². The van der Waals surface area contributed by atoms with Gasteiger partial charge in [0.05, 0.1) is 12.5 Å².